The van der Waals surface area contributed by atoms with Crippen molar-refractivity contribution in [2.45, 2.75) is 58.4 Å². The number of aromatic nitrogens is 3. The standard InChI is InChI=1S/C12H22BrN3/c1-2-3-4-5-6-7-10-16-11-12(8-9-13)14-15-16/h11H,2-10H2,1H3. The fourth-order valence-corrected chi connectivity index (χ4v) is 2.12. The van der Waals surface area contributed by atoms with E-state index in [1.807, 2.05) is 4.68 Å². The summed E-state index contributed by atoms with van der Waals surface area (Å²) < 4.78 is 1.97. The zero-order valence-corrected chi connectivity index (χ0v) is 11.7. The molecule has 1 aromatic heterocycles. The van der Waals surface area contributed by atoms with E-state index in [0.29, 0.717) is 0 Å². The Labute approximate surface area is 107 Å². The molecule has 0 radical (unpaired) electrons. The van der Waals surface area contributed by atoms with Crippen LogP contribution in [0.1, 0.15) is 51.1 Å². The molecule has 1 aromatic rings. The monoisotopic (exact) mass is 287 g/mol. The smallest absolute Gasteiger partial charge is 0.0835 e. The maximum atomic E-state index is 4.12. The minimum Gasteiger partial charge on any atom is -0.252 e. The Morgan fingerprint density at radius 2 is 1.94 bits per heavy atom. The lowest BCUT2D eigenvalue weighted by atomic mass is 10.1. The van der Waals surface area contributed by atoms with Gasteiger partial charge in [0.05, 0.1) is 5.69 Å². The molecular weight excluding hydrogens is 266 g/mol. The predicted molar refractivity (Wildman–Crippen MR) is 70.9 cm³/mol. The summed E-state index contributed by atoms with van der Waals surface area (Å²) in [5.41, 5.74) is 1.09. The first-order valence-electron chi connectivity index (χ1n) is 6.31. The fraction of sp³-hybridized carbons (Fsp3) is 0.833. The summed E-state index contributed by atoms with van der Waals surface area (Å²) in [7, 11) is 0. The molecular formula is C12H22BrN3. The second kappa shape index (κ2) is 8.74. The highest BCUT2D eigenvalue weighted by molar-refractivity contribution is 9.09. The van der Waals surface area contributed by atoms with Crippen molar-refractivity contribution in [2.75, 3.05) is 5.33 Å². The van der Waals surface area contributed by atoms with Crippen LogP contribution in [0.25, 0.3) is 0 Å². The molecule has 0 aromatic carbocycles. The molecule has 0 aliphatic carbocycles. The van der Waals surface area contributed by atoms with E-state index in [2.05, 4.69) is 39.4 Å². The Bertz CT molecular complexity index is 273. The van der Waals surface area contributed by atoms with Crippen molar-refractivity contribution in [1.29, 1.82) is 0 Å². The van der Waals surface area contributed by atoms with Crippen LogP contribution < -0.4 is 0 Å². The van der Waals surface area contributed by atoms with Crippen molar-refractivity contribution >= 4 is 15.9 Å². The van der Waals surface area contributed by atoms with Crippen LogP contribution in [0.5, 0.6) is 0 Å². The van der Waals surface area contributed by atoms with Gasteiger partial charge in [-0.2, -0.15) is 0 Å². The Morgan fingerprint density at radius 3 is 2.69 bits per heavy atom. The van der Waals surface area contributed by atoms with Crippen molar-refractivity contribution in [1.82, 2.24) is 15.0 Å². The Kier molecular flexibility index (Phi) is 7.47. The first-order valence-corrected chi connectivity index (χ1v) is 7.44. The van der Waals surface area contributed by atoms with Crippen LogP contribution in [0.3, 0.4) is 0 Å². The molecule has 3 nitrogen and oxygen atoms in total. The molecule has 1 rings (SSSR count). The number of alkyl halides is 1. The van der Waals surface area contributed by atoms with E-state index in [0.717, 1.165) is 24.0 Å². The van der Waals surface area contributed by atoms with Gasteiger partial charge in [-0.15, -0.1) is 5.10 Å². The predicted octanol–water partition coefficient (Wildman–Crippen LogP) is 3.58. The van der Waals surface area contributed by atoms with E-state index in [9.17, 15) is 0 Å². The van der Waals surface area contributed by atoms with Crippen molar-refractivity contribution in [3.63, 3.8) is 0 Å². The molecule has 0 spiro atoms. The molecule has 0 N–H and O–H groups in total. The van der Waals surface area contributed by atoms with Crippen molar-refractivity contribution in [2.24, 2.45) is 0 Å². The molecule has 0 fully saturated rings. The summed E-state index contributed by atoms with van der Waals surface area (Å²) in [6, 6.07) is 0. The molecule has 0 saturated carbocycles. The van der Waals surface area contributed by atoms with Gasteiger partial charge < -0.3 is 0 Å². The molecule has 0 saturated heterocycles. The molecule has 0 amide bonds. The van der Waals surface area contributed by atoms with Crippen LogP contribution in [0.4, 0.5) is 0 Å². The van der Waals surface area contributed by atoms with E-state index in [1.54, 1.807) is 0 Å². The van der Waals surface area contributed by atoms with Crippen LogP contribution in [-0.2, 0) is 13.0 Å². The fourth-order valence-electron chi connectivity index (χ4n) is 1.71. The van der Waals surface area contributed by atoms with Crippen LogP contribution in [-0.4, -0.2) is 20.3 Å². The maximum absolute atomic E-state index is 4.12. The van der Waals surface area contributed by atoms with E-state index >= 15 is 0 Å². The number of hydrogen-bond acceptors (Lipinski definition) is 2. The van der Waals surface area contributed by atoms with Gasteiger partial charge in [0, 0.05) is 24.5 Å². The number of rotatable bonds is 9. The average molecular weight is 288 g/mol. The minimum absolute atomic E-state index is 0.961. The minimum atomic E-state index is 0.961. The summed E-state index contributed by atoms with van der Waals surface area (Å²) in [5.74, 6) is 0. The van der Waals surface area contributed by atoms with E-state index < -0.39 is 0 Å². The number of unbranched alkanes of at least 4 members (excludes halogenated alkanes) is 5. The second-order valence-electron chi connectivity index (χ2n) is 4.18. The highest BCUT2D eigenvalue weighted by Crippen LogP contribution is 2.06. The Hall–Kier alpha value is -0.380. The molecule has 92 valence electrons. The number of aryl methyl sites for hydroxylation is 2. The summed E-state index contributed by atoms with van der Waals surface area (Å²) in [4.78, 5) is 0. The highest BCUT2D eigenvalue weighted by Gasteiger charge is 1.99. The Morgan fingerprint density at radius 1 is 1.19 bits per heavy atom. The third-order valence-corrected chi connectivity index (χ3v) is 3.07. The quantitative estimate of drug-likeness (QED) is 0.513. The van der Waals surface area contributed by atoms with Gasteiger partial charge in [-0.25, -0.2) is 0 Å². The first-order chi connectivity index (χ1) is 7.86. The average Bonchev–Trinajstić information content (AvgIpc) is 2.72. The maximum Gasteiger partial charge on any atom is 0.0835 e. The van der Waals surface area contributed by atoms with Gasteiger partial charge in [0.2, 0.25) is 0 Å². The van der Waals surface area contributed by atoms with Crippen molar-refractivity contribution in [3.8, 4) is 0 Å². The third-order valence-electron chi connectivity index (χ3n) is 2.68. The van der Waals surface area contributed by atoms with Gasteiger partial charge >= 0.3 is 0 Å². The van der Waals surface area contributed by atoms with Crippen LogP contribution in [0.2, 0.25) is 0 Å². The number of nitrogens with zero attached hydrogens (tertiary/aromatic N) is 3. The summed E-state index contributed by atoms with van der Waals surface area (Å²) in [5, 5.41) is 9.19. The van der Waals surface area contributed by atoms with E-state index in [4.69, 9.17) is 0 Å². The molecule has 16 heavy (non-hydrogen) atoms. The highest BCUT2D eigenvalue weighted by atomic mass is 79.9. The third kappa shape index (κ3) is 5.64. The number of hydrogen-bond donors (Lipinski definition) is 0. The molecule has 0 atom stereocenters. The summed E-state index contributed by atoms with van der Waals surface area (Å²) >= 11 is 3.41. The summed E-state index contributed by atoms with van der Waals surface area (Å²) in [6.07, 6.45) is 11.0. The van der Waals surface area contributed by atoms with Crippen LogP contribution in [0, 0.1) is 0 Å². The van der Waals surface area contributed by atoms with Gasteiger partial charge in [0.1, 0.15) is 0 Å². The van der Waals surface area contributed by atoms with Crippen molar-refractivity contribution in [3.05, 3.63) is 11.9 Å². The van der Waals surface area contributed by atoms with Gasteiger partial charge in [0.15, 0.2) is 0 Å². The SMILES string of the molecule is CCCCCCCCn1cc(CCBr)nn1. The lowest BCUT2D eigenvalue weighted by Gasteiger charge is -2.00. The molecule has 1 heterocycles. The Balaban J connectivity index is 2.07. The molecule has 4 heteroatoms. The van der Waals surface area contributed by atoms with Crippen molar-refractivity contribution < 1.29 is 0 Å². The lowest BCUT2D eigenvalue weighted by molar-refractivity contribution is 0.516. The van der Waals surface area contributed by atoms with Gasteiger partial charge in [-0.05, 0) is 6.42 Å². The molecule has 0 aliphatic rings. The topological polar surface area (TPSA) is 30.7 Å². The summed E-state index contributed by atoms with van der Waals surface area (Å²) in [6.45, 7) is 3.27. The van der Waals surface area contributed by atoms with E-state index in [1.165, 1.54) is 38.5 Å². The number of halogens is 1. The normalized spacial score (nSPS) is 10.9. The molecule has 0 unspecified atom stereocenters. The molecule has 0 bridgehead atoms. The van der Waals surface area contributed by atoms with Gasteiger partial charge in [-0.3, -0.25) is 4.68 Å². The van der Waals surface area contributed by atoms with E-state index in [-0.39, 0.29) is 0 Å². The second-order valence-corrected chi connectivity index (χ2v) is 4.97. The first kappa shape index (κ1) is 13.7. The zero-order valence-electron chi connectivity index (χ0n) is 10.2. The largest absolute Gasteiger partial charge is 0.252 e. The van der Waals surface area contributed by atoms with Gasteiger partial charge in [-0.1, -0.05) is 60.2 Å². The van der Waals surface area contributed by atoms with Crippen LogP contribution >= 0.6 is 15.9 Å². The zero-order chi connectivity index (χ0) is 11.6. The molecule has 0 aliphatic heterocycles. The van der Waals surface area contributed by atoms with Crippen LogP contribution in [0.15, 0.2) is 6.20 Å². The lowest BCUT2D eigenvalue weighted by Crippen LogP contribution is -1.98. The van der Waals surface area contributed by atoms with Gasteiger partial charge in [0.25, 0.3) is 0 Å².